The smallest absolute Gasteiger partial charge is 0.107 e. The van der Waals surface area contributed by atoms with E-state index < -0.39 is 0 Å². The Morgan fingerprint density at radius 3 is 2.36 bits per heavy atom. The highest BCUT2D eigenvalue weighted by Crippen LogP contribution is 2.22. The fourth-order valence-electron chi connectivity index (χ4n) is 0.729. The molecular weight excluding hydrogens is 156 g/mol. The molecule has 0 aromatic heterocycles. The monoisotopic (exact) mass is 176 g/mol. The van der Waals surface area contributed by atoms with E-state index in [2.05, 4.69) is 27.0 Å². The van der Waals surface area contributed by atoms with E-state index in [-0.39, 0.29) is 4.93 Å². The standard InChI is InChI=1S/C9H20OS/c1-5-6-7-8-10-9(2,3)11-4/h5-8H2,1-4H3. The normalized spacial score (nSPS) is 12.0. The SMILES string of the molecule is CCCCCOC(C)(C)SC. The highest BCUT2D eigenvalue weighted by atomic mass is 32.2. The van der Waals surface area contributed by atoms with Gasteiger partial charge in [0.1, 0.15) is 4.93 Å². The second-order valence-electron chi connectivity index (χ2n) is 3.16. The van der Waals surface area contributed by atoms with Crippen molar-refractivity contribution in [3.63, 3.8) is 0 Å². The minimum Gasteiger partial charge on any atom is -0.365 e. The lowest BCUT2D eigenvalue weighted by atomic mass is 10.3. The van der Waals surface area contributed by atoms with Crippen LogP contribution in [0.25, 0.3) is 0 Å². The van der Waals surface area contributed by atoms with Crippen LogP contribution in [0.2, 0.25) is 0 Å². The molecule has 68 valence electrons. The molecule has 0 aliphatic rings. The van der Waals surface area contributed by atoms with Crippen LogP contribution in [0, 0.1) is 0 Å². The van der Waals surface area contributed by atoms with Crippen molar-refractivity contribution in [1.29, 1.82) is 0 Å². The van der Waals surface area contributed by atoms with E-state index in [0.29, 0.717) is 0 Å². The molecule has 0 amide bonds. The Kier molecular flexibility index (Phi) is 6.06. The van der Waals surface area contributed by atoms with Crippen LogP contribution in [-0.4, -0.2) is 17.8 Å². The molecule has 0 aromatic carbocycles. The molecule has 0 N–H and O–H groups in total. The summed E-state index contributed by atoms with van der Waals surface area (Å²) < 4.78 is 5.64. The topological polar surface area (TPSA) is 9.23 Å². The fourth-order valence-corrected chi connectivity index (χ4v) is 0.930. The Bertz CT molecular complexity index is 91.6. The first-order valence-electron chi connectivity index (χ1n) is 4.31. The molecule has 0 fully saturated rings. The molecule has 2 heteroatoms. The van der Waals surface area contributed by atoms with Gasteiger partial charge in [0.2, 0.25) is 0 Å². The Morgan fingerprint density at radius 2 is 1.91 bits per heavy atom. The Balaban J connectivity index is 3.23. The van der Waals surface area contributed by atoms with Gasteiger partial charge >= 0.3 is 0 Å². The zero-order chi connectivity index (χ0) is 8.74. The average molecular weight is 176 g/mol. The number of unbranched alkanes of at least 4 members (excludes halogenated alkanes) is 2. The van der Waals surface area contributed by atoms with Gasteiger partial charge in [0.25, 0.3) is 0 Å². The second-order valence-corrected chi connectivity index (χ2v) is 4.55. The lowest BCUT2D eigenvalue weighted by molar-refractivity contribution is 0.0503. The van der Waals surface area contributed by atoms with Gasteiger partial charge in [-0.2, -0.15) is 0 Å². The lowest BCUT2D eigenvalue weighted by Crippen LogP contribution is -2.19. The summed E-state index contributed by atoms with van der Waals surface area (Å²) in [6, 6.07) is 0. The summed E-state index contributed by atoms with van der Waals surface area (Å²) in [5, 5.41) is 0. The van der Waals surface area contributed by atoms with Gasteiger partial charge < -0.3 is 4.74 Å². The van der Waals surface area contributed by atoms with Crippen LogP contribution in [0.4, 0.5) is 0 Å². The van der Waals surface area contributed by atoms with Crippen LogP contribution in [0.1, 0.15) is 40.0 Å². The molecule has 11 heavy (non-hydrogen) atoms. The van der Waals surface area contributed by atoms with E-state index in [1.165, 1.54) is 19.3 Å². The summed E-state index contributed by atoms with van der Waals surface area (Å²) >= 11 is 1.76. The summed E-state index contributed by atoms with van der Waals surface area (Å²) in [4.78, 5) is 0.00768. The summed E-state index contributed by atoms with van der Waals surface area (Å²) in [7, 11) is 0. The summed E-state index contributed by atoms with van der Waals surface area (Å²) in [5.74, 6) is 0. The van der Waals surface area contributed by atoms with Crippen molar-refractivity contribution < 1.29 is 4.74 Å². The summed E-state index contributed by atoms with van der Waals surface area (Å²) in [6.45, 7) is 7.34. The minimum atomic E-state index is 0.00768. The molecule has 0 aromatic rings. The number of thioether (sulfide) groups is 1. The van der Waals surface area contributed by atoms with Crippen molar-refractivity contribution in [3.05, 3.63) is 0 Å². The van der Waals surface area contributed by atoms with Crippen molar-refractivity contribution in [3.8, 4) is 0 Å². The van der Waals surface area contributed by atoms with Gasteiger partial charge in [0.05, 0.1) is 0 Å². The molecule has 0 bridgehead atoms. The molecule has 0 saturated carbocycles. The second kappa shape index (κ2) is 5.90. The molecule has 0 aliphatic heterocycles. The number of hydrogen-bond acceptors (Lipinski definition) is 2. The van der Waals surface area contributed by atoms with Crippen LogP contribution in [0.5, 0.6) is 0 Å². The third-order valence-corrected chi connectivity index (χ3v) is 2.79. The Hall–Kier alpha value is 0.310. The maximum Gasteiger partial charge on any atom is 0.107 e. The largest absolute Gasteiger partial charge is 0.365 e. The number of ether oxygens (including phenoxy) is 1. The maximum absolute atomic E-state index is 5.64. The first-order valence-corrected chi connectivity index (χ1v) is 5.54. The van der Waals surface area contributed by atoms with Crippen molar-refractivity contribution in [2.45, 2.75) is 45.0 Å². The van der Waals surface area contributed by atoms with Gasteiger partial charge in [0.15, 0.2) is 0 Å². The average Bonchev–Trinajstić information content (AvgIpc) is 1.99. The minimum absolute atomic E-state index is 0.00768. The number of hydrogen-bond donors (Lipinski definition) is 0. The van der Waals surface area contributed by atoms with E-state index >= 15 is 0 Å². The van der Waals surface area contributed by atoms with Gasteiger partial charge in [-0.25, -0.2) is 0 Å². The van der Waals surface area contributed by atoms with E-state index in [9.17, 15) is 0 Å². The molecule has 0 atom stereocenters. The highest BCUT2D eigenvalue weighted by Gasteiger charge is 2.14. The zero-order valence-electron chi connectivity index (χ0n) is 8.14. The number of rotatable bonds is 6. The summed E-state index contributed by atoms with van der Waals surface area (Å²) in [6.07, 6.45) is 5.83. The molecule has 0 rings (SSSR count). The van der Waals surface area contributed by atoms with Crippen LogP contribution < -0.4 is 0 Å². The molecule has 0 heterocycles. The van der Waals surface area contributed by atoms with Crippen LogP contribution >= 0.6 is 11.8 Å². The van der Waals surface area contributed by atoms with Gasteiger partial charge in [-0.3, -0.25) is 0 Å². The van der Waals surface area contributed by atoms with E-state index in [0.717, 1.165) is 6.61 Å². The van der Waals surface area contributed by atoms with Gasteiger partial charge in [0, 0.05) is 6.61 Å². The zero-order valence-corrected chi connectivity index (χ0v) is 8.96. The van der Waals surface area contributed by atoms with E-state index in [1.807, 2.05) is 0 Å². The quantitative estimate of drug-likeness (QED) is 0.453. The third kappa shape index (κ3) is 6.70. The fraction of sp³-hybridized carbons (Fsp3) is 1.00. The van der Waals surface area contributed by atoms with Gasteiger partial charge in [-0.05, 0) is 26.5 Å². The van der Waals surface area contributed by atoms with Crippen molar-refractivity contribution >= 4 is 11.8 Å². The molecular formula is C9H20OS. The van der Waals surface area contributed by atoms with E-state index in [1.54, 1.807) is 11.8 Å². The van der Waals surface area contributed by atoms with Gasteiger partial charge in [-0.1, -0.05) is 19.8 Å². The van der Waals surface area contributed by atoms with Crippen LogP contribution in [-0.2, 0) is 4.74 Å². The van der Waals surface area contributed by atoms with Gasteiger partial charge in [-0.15, -0.1) is 11.8 Å². The highest BCUT2D eigenvalue weighted by molar-refractivity contribution is 7.99. The van der Waals surface area contributed by atoms with Crippen molar-refractivity contribution in [2.75, 3.05) is 12.9 Å². The molecule has 0 radical (unpaired) electrons. The molecule has 1 nitrogen and oxygen atoms in total. The van der Waals surface area contributed by atoms with Crippen molar-refractivity contribution in [1.82, 2.24) is 0 Å². The molecule has 0 saturated heterocycles. The molecule has 0 unspecified atom stereocenters. The third-order valence-electron chi connectivity index (χ3n) is 1.69. The van der Waals surface area contributed by atoms with Crippen LogP contribution in [0.3, 0.4) is 0 Å². The molecule has 0 spiro atoms. The van der Waals surface area contributed by atoms with E-state index in [4.69, 9.17) is 4.74 Å². The predicted molar refractivity (Wildman–Crippen MR) is 53.1 cm³/mol. The van der Waals surface area contributed by atoms with Crippen molar-refractivity contribution in [2.24, 2.45) is 0 Å². The first kappa shape index (κ1) is 11.3. The maximum atomic E-state index is 5.64. The lowest BCUT2D eigenvalue weighted by Gasteiger charge is -2.22. The first-order chi connectivity index (χ1) is 5.12. The van der Waals surface area contributed by atoms with Crippen LogP contribution in [0.15, 0.2) is 0 Å². The molecule has 0 aliphatic carbocycles. The Morgan fingerprint density at radius 1 is 1.27 bits per heavy atom. The summed E-state index contributed by atoms with van der Waals surface area (Å²) in [5.41, 5.74) is 0. The predicted octanol–water partition coefficient (Wildman–Crippen LogP) is 3.29. The Labute approximate surface area is 74.9 Å².